The Kier molecular flexibility index (Phi) is 3.99. The van der Waals surface area contributed by atoms with Crippen molar-refractivity contribution in [2.24, 2.45) is 0 Å². The predicted octanol–water partition coefficient (Wildman–Crippen LogP) is 1.13. The molecule has 2 aliphatic heterocycles. The van der Waals surface area contributed by atoms with E-state index in [2.05, 4.69) is 16.1 Å². The second kappa shape index (κ2) is 6.38. The van der Waals surface area contributed by atoms with E-state index in [1.54, 1.807) is 37.3 Å². The minimum absolute atomic E-state index is 0.152. The number of amides is 5. The van der Waals surface area contributed by atoms with Gasteiger partial charge in [-0.3, -0.25) is 19.8 Å². The van der Waals surface area contributed by atoms with Gasteiger partial charge < -0.3 is 15.4 Å². The first-order valence-electron chi connectivity index (χ1n) is 8.48. The van der Waals surface area contributed by atoms with E-state index in [0.717, 1.165) is 0 Å². The van der Waals surface area contributed by atoms with Gasteiger partial charge >= 0.3 is 6.03 Å². The molecular weight excluding hydrogens is 364 g/mol. The van der Waals surface area contributed by atoms with Gasteiger partial charge in [0.25, 0.3) is 17.7 Å². The second-order valence-corrected chi connectivity index (χ2v) is 6.55. The van der Waals surface area contributed by atoms with Crippen molar-refractivity contribution in [3.8, 4) is 5.75 Å². The number of hydrogen-bond donors (Lipinski definition) is 3. The molecule has 2 heterocycles. The number of hydrazine groups is 1. The number of rotatable bonds is 3. The number of urea groups is 1. The van der Waals surface area contributed by atoms with Gasteiger partial charge in [-0.05, 0) is 30.7 Å². The summed E-state index contributed by atoms with van der Waals surface area (Å²) >= 11 is 0. The fraction of sp³-hybridized carbons (Fsp3) is 0.158. The maximum atomic E-state index is 12.8. The Bertz CT molecular complexity index is 1010. The van der Waals surface area contributed by atoms with Crippen LogP contribution in [-0.2, 0) is 15.1 Å². The average Bonchev–Trinajstić information content (AvgIpc) is 2.92. The Morgan fingerprint density at radius 2 is 1.89 bits per heavy atom. The third-order valence-corrected chi connectivity index (χ3v) is 4.63. The molecule has 28 heavy (non-hydrogen) atoms. The molecule has 0 saturated carbocycles. The normalized spacial score (nSPS) is 20.8. The summed E-state index contributed by atoms with van der Waals surface area (Å²) in [6.45, 7) is 1.42. The van der Waals surface area contributed by atoms with E-state index in [-0.39, 0.29) is 18.1 Å². The van der Waals surface area contributed by atoms with E-state index in [4.69, 9.17) is 4.74 Å². The van der Waals surface area contributed by atoms with Crippen LogP contribution in [0, 0.1) is 0 Å². The van der Waals surface area contributed by atoms with Gasteiger partial charge in [-0.2, -0.15) is 5.01 Å². The van der Waals surface area contributed by atoms with Crippen molar-refractivity contribution in [1.29, 1.82) is 0 Å². The van der Waals surface area contributed by atoms with E-state index < -0.39 is 23.4 Å². The second-order valence-electron chi connectivity index (χ2n) is 6.55. The Balaban J connectivity index is 1.54. The molecule has 9 nitrogen and oxygen atoms in total. The lowest BCUT2D eigenvalue weighted by Crippen LogP contribution is -2.47. The van der Waals surface area contributed by atoms with Gasteiger partial charge in [0.15, 0.2) is 6.61 Å². The molecule has 9 heteroatoms. The molecule has 4 rings (SSSR count). The minimum atomic E-state index is -1.28. The lowest BCUT2D eigenvalue weighted by molar-refractivity contribution is -0.132. The van der Waals surface area contributed by atoms with Gasteiger partial charge in [0.05, 0.1) is 5.69 Å². The van der Waals surface area contributed by atoms with E-state index in [0.29, 0.717) is 22.0 Å². The molecule has 1 atom stereocenters. The van der Waals surface area contributed by atoms with Gasteiger partial charge in [0, 0.05) is 5.56 Å². The summed E-state index contributed by atoms with van der Waals surface area (Å²) in [5.74, 6) is -1.22. The first-order valence-corrected chi connectivity index (χ1v) is 8.48. The summed E-state index contributed by atoms with van der Waals surface area (Å²) in [5, 5.41) is 5.89. The van der Waals surface area contributed by atoms with Crippen molar-refractivity contribution >= 4 is 29.4 Å². The Morgan fingerprint density at radius 3 is 2.64 bits per heavy atom. The molecule has 0 radical (unpaired) electrons. The molecule has 2 aromatic rings. The summed E-state index contributed by atoms with van der Waals surface area (Å²) in [4.78, 5) is 49.0. The number of nitrogens with zero attached hydrogens (tertiary/aromatic N) is 1. The first-order chi connectivity index (χ1) is 13.4. The summed E-state index contributed by atoms with van der Waals surface area (Å²) in [6, 6.07) is 12.4. The summed E-state index contributed by atoms with van der Waals surface area (Å²) in [6.07, 6.45) is 0. The number of fused-ring (bicyclic) bond motifs is 1. The standard InChI is InChI=1S/C19H16N4O5/c1-19(12-5-3-2-4-6-12)17(26)23(18(27)21-19)22-16(25)11-7-8-13-14(9-11)28-10-15(24)20-13/h2-9H,10H2,1H3,(H,20,24)(H,21,27)(H,22,25)/t19-/m1/s1. The molecule has 142 valence electrons. The molecule has 0 spiro atoms. The largest absolute Gasteiger partial charge is 0.482 e. The number of benzene rings is 2. The molecule has 2 aromatic carbocycles. The SMILES string of the molecule is C[C@]1(c2ccccc2)NC(=O)N(NC(=O)c2ccc3c(c2)OCC(=O)N3)C1=O. The highest BCUT2D eigenvalue weighted by molar-refractivity contribution is 6.09. The van der Waals surface area contributed by atoms with Crippen molar-refractivity contribution in [3.05, 3.63) is 59.7 Å². The van der Waals surface area contributed by atoms with Gasteiger partial charge in [-0.25, -0.2) is 4.79 Å². The quantitative estimate of drug-likeness (QED) is 0.690. The Hall–Kier alpha value is -3.88. The third kappa shape index (κ3) is 2.82. The highest BCUT2D eigenvalue weighted by Crippen LogP contribution is 2.30. The zero-order valence-electron chi connectivity index (χ0n) is 14.8. The fourth-order valence-electron chi connectivity index (χ4n) is 3.09. The van der Waals surface area contributed by atoms with E-state index >= 15 is 0 Å². The molecule has 3 N–H and O–H groups in total. The summed E-state index contributed by atoms with van der Waals surface area (Å²) in [5.41, 5.74) is 2.26. The highest BCUT2D eigenvalue weighted by Gasteiger charge is 2.50. The maximum Gasteiger partial charge on any atom is 0.344 e. The van der Waals surface area contributed by atoms with Crippen LogP contribution in [0.4, 0.5) is 10.5 Å². The molecule has 0 aromatic heterocycles. The number of imide groups is 1. The van der Waals surface area contributed by atoms with Crippen LogP contribution in [0.25, 0.3) is 0 Å². The van der Waals surface area contributed by atoms with Gasteiger partial charge in [0.2, 0.25) is 0 Å². The lowest BCUT2D eigenvalue weighted by atomic mass is 9.92. The maximum absolute atomic E-state index is 12.8. The van der Waals surface area contributed by atoms with Gasteiger partial charge in [-0.15, -0.1) is 0 Å². The van der Waals surface area contributed by atoms with Crippen molar-refractivity contribution in [2.45, 2.75) is 12.5 Å². The van der Waals surface area contributed by atoms with Crippen LogP contribution in [0.2, 0.25) is 0 Å². The number of hydrogen-bond acceptors (Lipinski definition) is 5. The topological polar surface area (TPSA) is 117 Å². The Labute approximate surface area is 159 Å². The monoisotopic (exact) mass is 380 g/mol. The number of anilines is 1. The number of carbonyl (C=O) groups is 4. The molecule has 2 aliphatic rings. The molecule has 1 fully saturated rings. The number of ether oxygens (including phenoxy) is 1. The van der Waals surface area contributed by atoms with Crippen LogP contribution >= 0.6 is 0 Å². The fourth-order valence-corrected chi connectivity index (χ4v) is 3.09. The number of nitrogens with one attached hydrogen (secondary N) is 3. The minimum Gasteiger partial charge on any atom is -0.482 e. The van der Waals surface area contributed by atoms with Crippen molar-refractivity contribution in [1.82, 2.24) is 15.8 Å². The van der Waals surface area contributed by atoms with Crippen LogP contribution in [0.15, 0.2) is 48.5 Å². The summed E-state index contributed by atoms with van der Waals surface area (Å²) in [7, 11) is 0. The molecule has 0 bridgehead atoms. The molecule has 5 amide bonds. The number of carbonyl (C=O) groups excluding carboxylic acids is 4. The Morgan fingerprint density at radius 1 is 1.14 bits per heavy atom. The molecular formula is C19H16N4O5. The van der Waals surface area contributed by atoms with E-state index in [1.807, 2.05) is 0 Å². The van der Waals surface area contributed by atoms with E-state index in [9.17, 15) is 19.2 Å². The van der Waals surface area contributed by atoms with Crippen LogP contribution < -0.4 is 20.8 Å². The first kappa shape index (κ1) is 17.5. The van der Waals surface area contributed by atoms with Crippen molar-refractivity contribution < 1.29 is 23.9 Å². The predicted molar refractivity (Wildman–Crippen MR) is 97.2 cm³/mol. The zero-order chi connectivity index (χ0) is 19.9. The summed E-state index contributed by atoms with van der Waals surface area (Å²) < 4.78 is 5.28. The van der Waals surface area contributed by atoms with E-state index in [1.165, 1.54) is 18.2 Å². The zero-order valence-corrected chi connectivity index (χ0v) is 14.8. The molecule has 0 unspecified atom stereocenters. The van der Waals surface area contributed by atoms with Crippen molar-refractivity contribution in [3.63, 3.8) is 0 Å². The highest BCUT2D eigenvalue weighted by atomic mass is 16.5. The van der Waals surface area contributed by atoms with Gasteiger partial charge in [0.1, 0.15) is 11.3 Å². The average molecular weight is 380 g/mol. The van der Waals surface area contributed by atoms with Crippen LogP contribution in [0.5, 0.6) is 5.75 Å². The van der Waals surface area contributed by atoms with Crippen LogP contribution in [-0.4, -0.2) is 35.4 Å². The van der Waals surface area contributed by atoms with Crippen molar-refractivity contribution in [2.75, 3.05) is 11.9 Å². The van der Waals surface area contributed by atoms with Crippen LogP contribution in [0.1, 0.15) is 22.8 Å². The molecule has 0 aliphatic carbocycles. The van der Waals surface area contributed by atoms with Gasteiger partial charge in [-0.1, -0.05) is 30.3 Å². The lowest BCUT2D eigenvalue weighted by Gasteiger charge is -2.22. The third-order valence-electron chi connectivity index (χ3n) is 4.63. The van der Waals surface area contributed by atoms with Crippen LogP contribution in [0.3, 0.4) is 0 Å². The smallest absolute Gasteiger partial charge is 0.344 e. The molecule has 1 saturated heterocycles.